The normalized spacial score (nSPS) is 30.5. The number of cyclic esters (lactones) is 1. The average molecular weight is 703 g/mol. The lowest BCUT2D eigenvalue weighted by Crippen LogP contribution is -2.58. The smallest absolute Gasteiger partial charge is 0.410 e. The first kappa shape index (κ1) is 37.2. The molecule has 1 saturated heterocycles. The molecular weight excluding hydrogens is 647 g/mol. The van der Waals surface area contributed by atoms with Crippen LogP contribution >= 0.6 is 7.37 Å². The van der Waals surface area contributed by atoms with Crippen molar-refractivity contribution >= 4 is 31.4 Å². The predicted octanol–water partition coefficient (Wildman–Crippen LogP) is 5.53. The first-order valence-electron chi connectivity index (χ1n) is 17.8. The summed E-state index contributed by atoms with van der Waals surface area (Å²) in [5.41, 5.74) is 2.35. The van der Waals surface area contributed by atoms with Crippen LogP contribution in [-0.2, 0) is 43.1 Å². The summed E-state index contributed by atoms with van der Waals surface area (Å²) in [6, 6.07) is 4.00. The van der Waals surface area contributed by atoms with E-state index in [9.17, 15) is 28.6 Å². The lowest BCUT2D eigenvalue weighted by atomic mass is 9.85. The maximum absolute atomic E-state index is 14.4. The quantitative estimate of drug-likeness (QED) is 0.339. The predicted molar refractivity (Wildman–Crippen MR) is 185 cm³/mol. The van der Waals surface area contributed by atoms with E-state index in [1.54, 1.807) is 11.8 Å². The molecule has 3 N–H and O–H groups in total. The highest BCUT2D eigenvalue weighted by atomic mass is 31.2. The molecule has 4 aliphatic rings. The van der Waals surface area contributed by atoms with Crippen molar-refractivity contribution in [3.05, 3.63) is 34.9 Å². The van der Waals surface area contributed by atoms with Gasteiger partial charge in [-0.25, -0.2) is 9.59 Å². The molecule has 5 rings (SSSR count). The van der Waals surface area contributed by atoms with Crippen molar-refractivity contribution in [3.63, 3.8) is 0 Å². The summed E-state index contributed by atoms with van der Waals surface area (Å²) in [6.45, 7) is 14.0. The second-order valence-corrected chi connectivity index (χ2v) is 19.1. The Morgan fingerprint density at radius 2 is 1.84 bits per heavy atom. The van der Waals surface area contributed by atoms with Crippen LogP contribution in [0.3, 0.4) is 0 Å². The van der Waals surface area contributed by atoms with Gasteiger partial charge in [-0.3, -0.25) is 19.1 Å². The molecule has 6 atom stereocenters. The van der Waals surface area contributed by atoms with Crippen LogP contribution in [-0.4, -0.2) is 81.5 Å². The SMILES string of the molecule is CC[C@@H]1C[C@]1(NC(=O)[C@@H]1C[C@@H]2CN1C(=O)[C@H](C(C)(C)C)NC(=O)OCC(C)(C)CCCCc1cccc3c1CN(C3)C(=O)O2)P(=O)(O)CC. The minimum atomic E-state index is -3.75. The third-order valence-corrected chi connectivity index (χ3v) is 13.7. The van der Waals surface area contributed by atoms with E-state index in [1.807, 2.05) is 39.8 Å². The van der Waals surface area contributed by atoms with Crippen LogP contribution in [0, 0.1) is 16.7 Å². The highest BCUT2D eigenvalue weighted by Crippen LogP contribution is 2.69. The third-order valence-electron chi connectivity index (χ3n) is 10.9. The molecule has 3 aliphatic heterocycles. The number of alkyl carbamates (subject to hydrolysis) is 1. The fourth-order valence-corrected chi connectivity index (χ4v) is 9.83. The molecule has 0 aromatic heterocycles. The van der Waals surface area contributed by atoms with Gasteiger partial charge < -0.3 is 29.9 Å². The summed E-state index contributed by atoms with van der Waals surface area (Å²) in [4.78, 5) is 69.2. The van der Waals surface area contributed by atoms with Crippen LogP contribution in [0.2, 0.25) is 0 Å². The molecule has 0 spiro atoms. The third kappa shape index (κ3) is 7.80. The Bertz CT molecular complexity index is 1510. The summed E-state index contributed by atoms with van der Waals surface area (Å²) in [5.74, 6) is -1.25. The zero-order valence-corrected chi connectivity index (χ0v) is 31.1. The van der Waals surface area contributed by atoms with Crippen molar-refractivity contribution in [2.75, 3.05) is 19.3 Å². The lowest BCUT2D eigenvalue weighted by Gasteiger charge is -2.36. The van der Waals surface area contributed by atoms with E-state index >= 15 is 0 Å². The van der Waals surface area contributed by atoms with Gasteiger partial charge in [0, 0.05) is 25.7 Å². The minimum Gasteiger partial charge on any atom is -0.449 e. The number of carbonyl (C=O) groups excluding carboxylic acids is 4. The van der Waals surface area contributed by atoms with E-state index in [0.29, 0.717) is 25.9 Å². The van der Waals surface area contributed by atoms with Gasteiger partial charge in [0.2, 0.25) is 19.2 Å². The van der Waals surface area contributed by atoms with Gasteiger partial charge in [0.15, 0.2) is 0 Å². The summed E-state index contributed by atoms with van der Waals surface area (Å²) in [6.07, 6.45) is 2.53. The number of carbonyl (C=O) groups is 4. The van der Waals surface area contributed by atoms with E-state index < -0.39 is 60.3 Å². The van der Waals surface area contributed by atoms with E-state index in [-0.39, 0.29) is 37.1 Å². The van der Waals surface area contributed by atoms with Gasteiger partial charge in [-0.2, -0.15) is 0 Å². The molecule has 1 aromatic rings. The molecular formula is C36H55N4O8P. The number of nitrogens with one attached hydrogen (secondary N) is 2. The number of hydrogen-bond acceptors (Lipinski definition) is 7. The number of amides is 4. The van der Waals surface area contributed by atoms with Crippen LogP contribution in [0.25, 0.3) is 0 Å². The number of aryl methyl sites for hydroxylation is 1. The van der Waals surface area contributed by atoms with Gasteiger partial charge in [0.25, 0.3) is 0 Å². The first-order valence-corrected chi connectivity index (χ1v) is 19.7. The number of ether oxygens (including phenoxy) is 2. The van der Waals surface area contributed by atoms with E-state index in [4.69, 9.17) is 9.47 Å². The monoisotopic (exact) mass is 702 g/mol. The molecule has 272 valence electrons. The Morgan fingerprint density at radius 1 is 1.12 bits per heavy atom. The van der Waals surface area contributed by atoms with Crippen molar-refractivity contribution in [2.45, 2.75) is 130 Å². The van der Waals surface area contributed by atoms with Gasteiger partial charge in [-0.05, 0) is 59.1 Å². The van der Waals surface area contributed by atoms with Crippen molar-refractivity contribution in [3.8, 4) is 0 Å². The Labute approximate surface area is 290 Å². The van der Waals surface area contributed by atoms with Gasteiger partial charge in [-0.15, -0.1) is 0 Å². The van der Waals surface area contributed by atoms with Crippen LogP contribution in [0.5, 0.6) is 0 Å². The molecule has 1 aromatic carbocycles. The van der Waals surface area contributed by atoms with Crippen LogP contribution in [0.1, 0.15) is 104 Å². The molecule has 49 heavy (non-hydrogen) atoms. The summed E-state index contributed by atoms with van der Waals surface area (Å²) in [5, 5.41) is 4.42. The minimum absolute atomic E-state index is 0.00615. The maximum atomic E-state index is 14.4. The first-order chi connectivity index (χ1) is 22.9. The molecule has 1 unspecified atom stereocenters. The number of fused-ring (bicyclic) bond motifs is 3. The summed E-state index contributed by atoms with van der Waals surface area (Å²) >= 11 is 0. The Hall–Kier alpha value is -3.11. The topological polar surface area (TPSA) is 155 Å². The summed E-state index contributed by atoms with van der Waals surface area (Å²) in [7, 11) is -3.75. The van der Waals surface area contributed by atoms with E-state index in [2.05, 4.69) is 30.5 Å². The van der Waals surface area contributed by atoms with Gasteiger partial charge in [0.1, 0.15) is 23.5 Å². The lowest BCUT2D eigenvalue weighted by molar-refractivity contribution is -0.142. The number of rotatable bonds is 5. The van der Waals surface area contributed by atoms with Gasteiger partial charge in [0.05, 0.1) is 13.2 Å². The molecule has 2 fully saturated rings. The highest BCUT2D eigenvalue weighted by Gasteiger charge is 2.65. The molecule has 1 aliphatic carbocycles. The maximum Gasteiger partial charge on any atom is 0.410 e. The molecule has 4 bridgehead atoms. The Kier molecular flexibility index (Phi) is 10.5. The summed E-state index contributed by atoms with van der Waals surface area (Å²) < 4.78 is 25.0. The molecule has 4 amide bonds. The molecule has 1 saturated carbocycles. The van der Waals surface area contributed by atoms with Crippen molar-refractivity contribution in [1.29, 1.82) is 0 Å². The van der Waals surface area contributed by atoms with Crippen LogP contribution in [0.15, 0.2) is 18.2 Å². The second kappa shape index (κ2) is 13.9. The fourth-order valence-electron chi connectivity index (χ4n) is 7.72. The molecule has 0 radical (unpaired) electrons. The zero-order chi connectivity index (χ0) is 35.9. The highest BCUT2D eigenvalue weighted by molar-refractivity contribution is 7.60. The van der Waals surface area contributed by atoms with E-state index in [1.165, 1.54) is 10.5 Å². The number of nitrogens with zero attached hydrogens (tertiary/aromatic N) is 2. The van der Waals surface area contributed by atoms with Crippen LogP contribution < -0.4 is 10.6 Å². The zero-order valence-electron chi connectivity index (χ0n) is 30.2. The standard InChI is InChI=1S/C36H55N4O8P/c1-8-25-18-36(25,49(45,46)9-2)38-30(41)28-17-26-20-40(28)31(42)29(34(3,4)5)37-32(43)47-22-35(6,7)16-11-10-13-23-14-12-15-24-19-39(21-27(23)24)33(44)48-26/h12,14-15,25-26,28-29H,8-11,13,16-22H2,1-7H3,(H,37,43)(H,38,41)(H,45,46)/t25-,26-,28+,29-,36+/m1/s1. The number of benzene rings is 1. The van der Waals surface area contributed by atoms with Gasteiger partial charge in [-0.1, -0.05) is 79.5 Å². The molecule has 13 heteroatoms. The Morgan fingerprint density at radius 3 is 2.49 bits per heavy atom. The largest absolute Gasteiger partial charge is 0.449 e. The van der Waals surface area contributed by atoms with E-state index in [0.717, 1.165) is 36.8 Å². The van der Waals surface area contributed by atoms with Crippen molar-refractivity contribution in [1.82, 2.24) is 20.4 Å². The fraction of sp³-hybridized carbons (Fsp3) is 0.722. The van der Waals surface area contributed by atoms with Gasteiger partial charge >= 0.3 is 12.2 Å². The van der Waals surface area contributed by atoms with Crippen LogP contribution in [0.4, 0.5) is 9.59 Å². The number of hydrogen-bond donors (Lipinski definition) is 3. The molecule has 12 nitrogen and oxygen atoms in total. The van der Waals surface area contributed by atoms with Crippen molar-refractivity contribution in [2.24, 2.45) is 16.7 Å². The van der Waals surface area contributed by atoms with Crippen molar-refractivity contribution < 1.29 is 38.1 Å². The average Bonchev–Trinajstić information content (AvgIpc) is 3.35. The second-order valence-electron chi connectivity index (χ2n) is 16.3. The Balaban J connectivity index is 1.45. The molecule has 3 heterocycles.